The third kappa shape index (κ3) is 8.34. The Balaban J connectivity index is 0.000000239. The van der Waals surface area contributed by atoms with Crippen LogP contribution in [0, 0.1) is 5.92 Å². The van der Waals surface area contributed by atoms with Crippen molar-refractivity contribution in [2.45, 2.75) is 60.4 Å². The second kappa shape index (κ2) is 14.4. The molecule has 0 aliphatic heterocycles. The van der Waals surface area contributed by atoms with Crippen LogP contribution in [-0.4, -0.2) is 11.1 Å². The lowest BCUT2D eigenvalue weighted by Crippen LogP contribution is -2.23. The highest BCUT2D eigenvalue weighted by molar-refractivity contribution is 5.96. The Labute approximate surface area is 246 Å². The van der Waals surface area contributed by atoms with Crippen LogP contribution in [-0.2, 0) is 6.42 Å². The normalized spacial score (nSPS) is 14.9. The van der Waals surface area contributed by atoms with E-state index in [9.17, 15) is 4.79 Å². The summed E-state index contributed by atoms with van der Waals surface area (Å²) in [5.74, 6) is -0.561. The fraction of sp³-hybridized carbons (Fsp3) is 0.270. The van der Waals surface area contributed by atoms with Crippen molar-refractivity contribution in [3.05, 3.63) is 136 Å². The molecule has 0 bridgehead atoms. The van der Waals surface area contributed by atoms with Gasteiger partial charge in [-0.3, -0.25) is 0 Å². The molecule has 1 aliphatic carbocycles. The van der Waals surface area contributed by atoms with E-state index in [-0.39, 0.29) is 6.04 Å². The van der Waals surface area contributed by atoms with Crippen molar-refractivity contribution < 1.29 is 9.90 Å². The Hall–Kier alpha value is -4.31. The number of aryl methyl sites for hydroxylation is 1. The molecule has 0 heterocycles. The molecule has 0 saturated heterocycles. The third-order valence-electron chi connectivity index (χ3n) is 7.74. The molecule has 4 rings (SSSR count). The van der Waals surface area contributed by atoms with Crippen molar-refractivity contribution in [1.82, 2.24) is 5.32 Å². The van der Waals surface area contributed by atoms with E-state index in [1.807, 2.05) is 48.5 Å². The van der Waals surface area contributed by atoms with Crippen LogP contribution < -0.4 is 11.1 Å². The van der Waals surface area contributed by atoms with Gasteiger partial charge in [0.05, 0.1) is 5.56 Å². The Morgan fingerprint density at radius 2 is 1.66 bits per heavy atom. The van der Waals surface area contributed by atoms with E-state index in [1.165, 1.54) is 33.4 Å². The summed E-state index contributed by atoms with van der Waals surface area (Å²) in [4.78, 5) is 11.1. The number of hydrogen-bond donors (Lipinski definition) is 3. The van der Waals surface area contributed by atoms with Crippen molar-refractivity contribution in [2.75, 3.05) is 5.73 Å². The summed E-state index contributed by atoms with van der Waals surface area (Å²) in [6.07, 6.45) is 6.68. The van der Waals surface area contributed by atoms with Gasteiger partial charge in [-0.25, -0.2) is 4.79 Å². The molecule has 2 atom stereocenters. The predicted molar refractivity (Wildman–Crippen MR) is 174 cm³/mol. The van der Waals surface area contributed by atoms with E-state index in [4.69, 9.17) is 10.8 Å². The highest BCUT2D eigenvalue weighted by atomic mass is 16.4. The molecule has 214 valence electrons. The summed E-state index contributed by atoms with van der Waals surface area (Å²) in [5, 5.41) is 12.7. The molecule has 0 fully saturated rings. The third-order valence-corrected chi connectivity index (χ3v) is 7.74. The summed E-state index contributed by atoms with van der Waals surface area (Å²) in [6.45, 7) is 17.3. The first-order valence-corrected chi connectivity index (χ1v) is 14.3. The lowest BCUT2D eigenvalue weighted by molar-refractivity contribution is 0.0697. The van der Waals surface area contributed by atoms with E-state index < -0.39 is 5.97 Å². The smallest absolute Gasteiger partial charge is 0.336 e. The minimum atomic E-state index is -0.889. The summed E-state index contributed by atoms with van der Waals surface area (Å²) >= 11 is 0. The number of nitrogens with one attached hydrogen (secondary N) is 1. The first-order chi connectivity index (χ1) is 19.5. The average molecular weight is 549 g/mol. The van der Waals surface area contributed by atoms with E-state index in [2.05, 4.69) is 77.7 Å². The molecule has 4 N–H and O–H groups in total. The highest BCUT2D eigenvalue weighted by Crippen LogP contribution is 2.32. The van der Waals surface area contributed by atoms with Crippen LogP contribution in [0.15, 0.2) is 120 Å². The Bertz CT molecular complexity index is 1450. The Morgan fingerprint density at radius 3 is 2.24 bits per heavy atom. The van der Waals surface area contributed by atoms with Gasteiger partial charge in [-0.2, -0.15) is 0 Å². The number of aromatic carboxylic acids is 1. The molecule has 4 heteroatoms. The number of nitrogens with two attached hydrogens (primary N) is 1. The monoisotopic (exact) mass is 548 g/mol. The largest absolute Gasteiger partial charge is 0.478 e. The van der Waals surface area contributed by atoms with Gasteiger partial charge >= 0.3 is 5.97 Å². The average Bonchev–Trinajstić information content (AvgIpc) is 2.97. The first kappa shape index (κ1) is 31.2. The molecule has 1 unspecified atom stereocenters. The second-order valence-electron chi connectivity index (χ2n) is 10.9. The molecular formula is C37H44N2O2. The number of nitrogen functional groups attached to an aromatic ring is 1. The maximum Gasteiger partial charge on any atom is 0.336 e. The van der Waals surface area contributed by atoms with Gasteiger partial charge in [-0.05, 0) is 105 Å². The SMILES string of the molecule is C=C(N[C@@H](C)c1ccc(N)cc1)C1C=C(C(C)=C(C)C)C(C)=CC1.CCc1ccc(-c2ccccc2C(=O)O)cc1. The number of carbonyl (C=O) groups is 1. The zero-order valence-corrected chi connectivity index (χ0v) is 25.3. The fourth-order valence-corrected chi connectivity index (χ4v) is 4.84. The van der Waals surface area contributed by atoms with Crippen LogP contribution >= 0.6 is 0 Å². The zero-order chi connectivity index (χ0) is 30.1. The Morgan fingerprint density at radius 1 is 1.02 bits per heavy atom. The van der Waals surface area contributed by atoms with Crippen LogP contribution in [0.1, 0.15) is 75.5 Å². The van der Waals surface area contributed by atoms with Crippen molar-refractivity contribution >= 4 is 11.7 Å². The van der Waals surface area contributed by atoms with Crippen molar-refractivity contribution in [3.63, 3.8) is 0 Å². The van der Waals surface area contributed by atoms with Crippen LogP contribution in [0.4, 0.5) is 5.69 Å². The van der Waals surface area contributed by atoms with E-state index in [0.29, 0.717) is 11.5 Å². The van der Waals surface area contributed by atoms with Crippen LogP contribution in [0.3, 0.4) is 0 Å². The lowest BCUT2D eigenvalue weighted by atomic mass is 9.85. The highest BCUT2D eigenvalue weighted by Gasteiger charge is 2.19. The summed E-state index contributed by atoms with van der Waals surface area (Å²) in [6, 6.07) is 23.3. The molecule has 0 aromatic heterocycles. The molecule has 3 aromatic rings. The standard InChI is InChI=1S/C22H30N2.C15H14O2/c1-14(2)16(4)22-13-20(8-7-15(22)3)18(6)24-17(5)19-9-11-21(23)12-10-19;1-2-11-7-9-12(10-8-11)13-5-3-4-6-14(13)15(16)17/h7,9-13,17,20,24H,6,8,23H2,1-5H3;3-10H,2H2,1H3,(H,16,17)/t17-,20?;/m0./s1. The minimum Gasteiger partial charge on any atom is -0.478 e. The molecule has 0 spiro atoms. The van der Waals surface area contributed by atoms with E-state index in [0.717, 1.165) is 35.4 Å². The summed E-state index contributed by atoms with van der Waals surface area (Å²) in [7, 11) is 0. The van der Waals surface area contributed by atoms with Crippen molar-refractivity contribution in [2.24, 2.45) is 5.92 Å². The number of benzene rings is 3. The lowest BCUT2D eigenvalue weighted by Gasteiger charge is -2.26. The number of hydrogen-bond acceptors (Lipinski definition) is 3. The summed E-state index contributed by atoms with van der Waals surface area (Å²) in [5.41, 5.74) is 17.6. The number of carboxylic acids is 1. The maximum atomic E-state index is 11.1. The van der Waals surface area contributed by atoms with Gasteiger partial charge in [0, 0.05) is 23.3 Å². The van der Waals surface area contributed by atoms with Crippen LogP contribution in [0.25, 0.3) is 11.1 Å². The van der Waals surface area contributed by atoms with Gasteiger partial charge in [0.2, 0.25) is 0 Å². The van der Waals surface area contributed by atoms with E-state index in [1.54, 1.807) is 12.1 Å². The first-order valence-electron chi connectivity index (χ1n) is 14.3. The number of rotatable bonds is 8. The maximum absolute atomic E-state index is 11.1. The molecule has 41 heavy (non-hydrogen) atoms. The molecule has 0 amide bonds. The molecular weight excluding hydrogens is 504 g/mol. The van der Waals surface area contributed by atoms with E-state index >= 15 is 0 Å². The minimum absolute atomic E-state index is 0.214. The van der Waals surface area contributed by atoms with Gasteiger partial charge in [-0.1, -0.05) is 85.8 Å². The summed E-state index contributed by atoms with van der Waals surface area (Å²) < 4.78 is 0. The van der Waals surface area contributed by atoms with Crippen LogP contribution in [0.2, 0.25) is 0 Å². The van der Waals surface area contributed by atoms with Gasteiger partial charge < -0.3 is 16.2 Å². The van der Waals surface area contributed by atoms with Crippen LogP contribution in [0.5, 0.6) is 0 Å². The van der Waals surface area contributed by atoms with Gasteiger partial charge in [0.25, 0.3) is 0 Å². The predicted octanol–water partition coefficient (Wildman–Crippen LogP) is 9.30. The van der Waals surface area contributed by atoms with Crippen molar-refractivity contribution in [3.8, 4) is 11.1 Å². The molecule has 0 radical (unpaired) electrons. The zero-order valence-electron chi connectivity index (χ0n) is 25.3. The van der Waals surface area contributed by atoms with Gasteiger partial charge in [-0.15, -0.1) is 0 Å². The second-order valence-corrected chi connectivity index (χ2v) is 10.9. The molecule has 3 aromatic carbocycles. The fourth-order valence-electron chi connectivity index (χ4n) is 4.84. The van der Waals surface area contributed by atoms with Gasteiger partial charge in [0.15, 0.2) is 0 Å². The van der Waals surface area contributed by atoms with Gasteiger partial charge in [0.1, 0.15) is 0 Å². The topological polar surface area (TPSA) is 75.3 Å². The van der Waals surface area contributed by atoms with Crippen molar-refractivity contribution in [1.29, 1.82) is 0 Å². The molecule has 4 nitrogen and oxygen atoms in total. The molecule has 0 saturated carbocycles. The number of allylic oxidation sites excluding steroid dienone is 6. The quantitative estimate of drug-likeness (QED) is 0.245. The Kier molecular flexibility index (Phi) is 10.9. The number of anilines is 1. The molecule has 1 aliphatic rings. The number of carboxylic acid groups (broad SMARTS) is 1.